The summed E-state index contributed by atoms with van der Waals surface area (Å²) in [5, 5.41) is 2.52. The zero-order valence-corrected chi connectivity index (χ0v) is 12.3. The summed E-state index contributed by atoms with van der Waals surface area (Å²) in [6.45, 7) is 2.31. The van der Waals surface area contributed by atoms with E-state index in [0.717, 1.165) is 4.90 Å². The zero-order valence-electron chi connectivity index (χ0n) is 12.3. The zero-order chi connectivity index (χ0) is 15.9. The SMILES string of the molecule is C[C@H](OC(=O)CCOc1ccccc1)C(=O)N1CCNC1=O. The number of hydrogen-bond donors (Lipinski definition) is 1. The van der Waals surface area contributed by atoms with Crippen LogP contribution in [0.2, 0.25) is 0 Å². The maximum atomic E-state index is 11.9. The molecule has 1 heterocycles. The van der Waals surface area contributed by atoms with Crippen molar-refractivity contribution < 1.29 is 23.9 Å². The number of urea groups is 1. The minimum atomic E-state index is -0.993. The van der Waals surface area contributed by atoms with Crippen molar-refractivity contribution in [2.24, 2.45) is 0 Å². The van der Waals surface area contributed by atoms with Gasteiger partial charge in [0.25, 0.3) is 5.91 Å². The van der Waals surface area contributed by atoms with E-state index in [2.05, 4.69) is 5.32 Å². The molecule has 7 nitrogen and oxygen atoms in total. The smallest absolute Gasteiger partial charge is 0.324 e. The number of ether oxygens (including phenoxy) is 2. The molecule has 1 saturated heterocycles. The van der Waals surface area contributed by atoms with Gasteiger partial charge in [0, 0.05) is 13.1 Å². The monoisotopic (exact) mass is 306 g/mol. The van der Waals surface area contributed by atoms with E-state index in [1.54, 1.807) is 12.1 Å². The first-order valence-electron chi connectivity index (χ1n) is 7.04. The average Bonchev–Trinajstić information content (AvgIpc) is 2.93. The van der Waals surface area contributed by atoms with Gasteiger partial charge in [-0.15, -0.1) is 0 Å². The Hall–Kier alpha value is -2.57. The van der Waals surface area contributed by atoms with Crippen LogP contribution in [0.15, 0.2) is 30.3 Å². The fourth-order valence-corrected chi connectivity index (χ4v) is 1.98. The molecule has 3 amide bonds. The van der Waals surface area contributed by atoms with Crippen molar-refractivity contribution in [1.29, 1.82) is 0 Å². The minimum Gasteiger partial charge on any atom is -0.493 e. The molecule has 1 aromatic rings. The summed E-state index contributed by atoms with van der Waals surface area (Å²) in [4.78, 5) is 36.0. The molecule has 0 aromatic heterocycles. The van der Waals surface area contributed by atoms with Crippen LogP contribution in [-0.4, -0.2) is 48.6 Å². The van der Waals surface area contributed by atoms with E-state index in [9.17, 15) is 14.4 Å². The third-order valence-corrected chi connectivity index (χ3v) is 3.10. The Morgan fingerprint density at radius 2 is 2.05 bits per heavy atom. The van der Waals surface area contributed by atoms with E-state index in [1.165, 1.54) is 6.92 Å². The predicted octanol–water partition coefficient (Wildman–Crippen LogP) is 0.939. The van der Waals surface area contributed by atoms with Gasteiger partial charge in [0.1, 0.15) is 5.75 Å². The molecule has 1 aromatic carbocycles. The molecule has 1 fully saturated rings. The van der Waals surface area contributed by atoms with Crippen molar-refractivity contribution in [3.05, 3.63) is 30.3 Å². The molecule has 1 aliphatic rings. The van der Waals surface area contributed by atoms with Gasteiger partial charge in [-0.05, 0) is 19.1 Å². The van der Waals surface area contributed by atoms with Crippen LogP contribution in [0.5, 0.6) is 5.75 Å². The summed E-state index contributed by atoms with van der Waals surface area (Å²) in [5.41, 5.74) is 0. The molecule has 0 radical (unpaired) electrons. The highest BCUT2D eigenvalue weighted by Crippen LogP contribution is 2.09. The third-order valence-electron chi connectivity index (χ3n) is 3.10. The van der Waals surface area contributed by atoms with Gasteiger partial charge in [-0.2, -0.15) is 0 Å². The Morgan fingerprint density at radius 3 is 2.68 bits per heavy atom. The van der Waals surface area contributed by atoms with E-state index >= 15 is 0 Å². The molecule has 1 atom stereocenters. The fourth-order valence-electron chi connectivity index (χ4n) is 1.98. The molecule has 7 heteroatoms. The van der Waals surface area contributed by atoms with E-state index in [4.69, 9.17) is 9.47 Å². The first-order valence-corrected chi connectivity index (χ1v) is 7.04. The Morgan fingerprint density at radius 1 is 1.32 bits per heavy atom. The van der Waals surface area contributed by atoms with Gasteiger partial charge >= 0.3 is 12.0 Å². The first kappa shape index (κ1) is 15.8. The molecular formula is C15H18N2O5. The number of para-hydroxylation sites is 1. The third kappa shape index (κ3) is 4.21. The quantitative estimate of drug-likeness (QED) is 0.791. The average molecular weight is 306 g/mol. The van der Waals surface area contributed by atoms with Crippen LogP contribution < -0.4 is 10.1 Å². The number of benzene rings is 1. The standard InChI is InChI=1S/C15H18N2O5/c1-11(14(19)17-9-8-16-15(17)20)22-13(18)7-10-21-12-5-3-2-4-6-12/h2-6,11H,7-10H2,1H3,(H,16,20)/t11-/m0/s1. The summed E-state index contributed by atoms with van der Waals surface area (Å²) in [6, 6.07) is 8.63. The summed E-state index contributed by atoms with van der Waals surface area (Å²) in [5.74, 6) is -0.406. The van der Waals surface area contributed by atoms with Gasteiger partial charge in [-0.3, -0.25) is 14.5 Å². The lowest BCUT2D eigenvalue weighted by Crippen LogP contribution is -2.41. The second-order valence-electron chi connectivity index (χ2n) is 4.77. The highest BCUT2D eigenvalue weighted by atomic mass is 16.6. The molecule has 0 spiro atoms. The lowest BCUT2D eigenvalue weighted by Gasteiger charge is -2.18. The minimum absolute atomic E-state index is 0.0265. The number of rotatable bonds is 6. The lowest BCUT2D eigenvalue weighted by molar-refractivity contribution is -0.157. The van der Waals surface area contributed by atoms with Crippen molar-refractivity contribution in [3.8, 4) is 5.75 Å². The molecule has 2 rings (SSSR count). The normalized spacial score (nSPS) is 15.1. The van der Waals surface area contributed by atoms with Crippen LogP contribution >= 0.6 is 0 Å². The molecule has 0 saturated carbocycles. The molecule has 118 valence electrons. The number of nitrogens with zero attached hydrogens (tertiary/aromatic N) is 1. The van der Waals surface area contributed by atoms with Gasteiger partial charge < -0.3 is 14.8 Å². The van der Waals surface area contributed by atoms with E-state index in [-0.39, 0.29) is 19.6 Å². The Bertz CT molecular complexity index is 546. The summed E-state index contributed by atoms with van der Waals surface area (Å²) in [7, 11) is 0. The number of hydrogen-bond acceptors (Lipinski definition) is 5. The highest BCUT2D eigenvalue weighted by Gasteiger charge is 2.31. The Balaban J connectivity index is 1.72. The molecule has 0 unspecified atom stereocenters. The molecule has 0 aliphatic carbocycles. The highest BCUT2D eigenvalue weighted by molar-refractivity contribution is 5.98. The molecule has 22 heavy (non-hydrogen) atoms. The van der Waals surface area contributed by atoms with E-state index in [0.29, 0.717) is 12.3 Å². The molecule has 0 bridgehead atoms. The van der Waals surface area contributed by atoms with Crippen molar-refractivity contribution in [2.75, 3.05) is 19.7 Å². The van der Waals surface area contributed by atoms with Gasteiger partial charge in [0.15, 0.2) is 6.10 Å². The van der Waals surface area contributed by atoms with Crippen molar-refractivity contribution in [3.63, 3.8) is 0 Å². The lowest BCUT2D eigenvalue weighted by atomic mass is 10.3. The Kier molecular flexibility index (Phi) is 5.35. The molecular weight excluding hydrogens is 288 g/mol. The van der Waals surface area contributed by atoms with Crippen LogP contribution in [-0.2, 0) is 14.3 Å². The summed E-state index contributed by atoms with van der Waals surface area (Å²) in [6.07, 6.45) is -0.966. The second kappa shape index (κ2) is 7.44. The van der Waals surface area contributed by atoms with Crippen LogP contribution in [0.25, 0.3) is 0 Å². The van der Waals surface area contributed by atoms with Gasteiger partial charge in [-0.1, -0.05) is 18.2 Å². The molecule has 1 aliphatic heterocycles. The van der Waals surface area contributed by atoms with E-state index in [1.807, 2.05) is 18.2 Å². The summed E-state index contributed by atoms with van der Waals surface area (Å²) < 4.78 is 10.4. The largest absolute Gasteiger partial charge is 0.493 e. The van der Waals surface area contributed by atoms with Crippen molar-refractivity contribution >= 4 is 17.9 Å². The first-order chi connectivity index (χ1) is 10.6. The maximum Gasteiger partial charge on any atom is 0.324 e. The number of esters is 1. The number of imide groups is 1. The molecule has 1 N–H and O–H groups in total. The maximum absolute atomic E-state index is 11.9. The van der Waals surface area contributed by atoms with Gasteiger partial charge in [0.05, 0.1) is 13.0 Å². The number of amides is 3. The van der Waals surface area contributed by atoms with Crippen LogP contribution in [0.3, 0.4) is 0 Å². The van der Waals surface area contributed by atoms with Crippen LogP contribution in [0, 0.1) is 0 Å². The predicted molar refractivity (Wildman–Crippen MR) is 77.2 cm³/mol. The summed E-state index contributed by atoms with van der Waals surface area (Å²) >= 11 is 0. The van der Waals surface area contributed by atoms with Gasteiger partial charge in [0.2, 0.25) is 0 Å². The van der Waals surface area contributed by atoms with E-state index < -0.39 is 24.0 Å². The van der Waals surface area contributed by atoms with Crippen molar-refractivity contribution in [1.82, 2.24) is 10.2 Å². The Labute approximate surface area is 128 Å². The van der Waals surface area contributed by atoms with Crippen LogP contribution in [0.1, 0.15) is 13.3 Å². The van der Waals surface area contributed by atoms with Crippen LogP contribution in [0.4, 0.5) is 4.79 Å². The van der Waals surface area contributed by atoms with Gasteiger partial charge in [-0.25, -0.2) is 4.79 Å². The number of nitrogens with one attached hydrogen (secondary N) is 1. The second-order valence-corrected chi connectivity index (χ2v) is 4.77. The van der Waals surface area contributed by atoms with Crippen molar-refractivity contribution in [2.45, 2.75) is 19.4 Å². The fraction of sp³-hybridized carbons (Fsp3) is 0.400. The number of carbonyl (C=O) groups is 3. The topological polar surface area (TPSA) is 84.9 Å². The number of carbonyl (C=O) groups excluding carboxylic acids is 3.